The number of hydrogen-bond donors (Lipinski definition) is 2. The normalized spacial score (nSPS) is 17.3. The third-order valence-corrected chi connectivity index (χ3v) is 4.51. The van der Waals surface area contributed by atoms with Gasteiger partial charge in [-0.3, -0.25) is 14.5 Å². The molecule has 2 N–H and O–H groups in total. The van der Waals surface area contributed by atoms with Crippen LogP contribution in [0.3, 0.4) is 0 Å². The van der Waals surface area contributed by atoms with Crippen LogP contribution in [0, 0.1) is 0 Å². The molecular formula is C17H21N3O3. The molecule has 1 fully saturated rings. The highest BCUT2D eigenvalue weighted by atomic mass is 16.4. The molecule has 1 amide bonds. The van der Waals surface area contributed by atoms with Crippen LogP contribution in [0.15, 0.2) is 30.5 Å². The summed E-state index contributed by atoms with van der Waals surface area (Å²) in [4.78, 5) is 30.7. The van der Waals surface area contributed by atoms with E-state index in [1.165, 1.54) is 0 Å². The highest BCUT2D eigenvalue weighted by Gasteiger charge is 2.26. The van der Waals surface area contributed by atoms with Gasteiger partial charge in [0.2, 0.25) is 0 Å². The first-order chi connectivity index (χ1) is 11.1. The molecule has 1 aliphatic heterocycles. The van der Waals surface area contributed by atoms with E-state index in [2.05, 4.69) is 9.88 Å². The van der Waals surface area contributed by atoms with Crippen LogP contribution in [-0.2, 0) is 4.79 Å². The smallest absolute Gasteiger partial charge is 0.304 e. The molecule has 0 bridgehead atoms. The number of piperazine rings is 1. The quantitative estimate of drug-likeness (QED) is 0.902. The average Bonchev–Trinajstić information content (AvgIpc) is 3.02. The zero-order valence-corrected chi connectivity index (χ0v) is 13.2. The summed E-state index contributed by atoms with van der Waals surface area (Å²) in [6.45, 7) is 4.59. The summed E-state index contributed by atoms with van der Waals surface area (Å²) in [5, 5.41) is 9.92. The minimum Gasteiger partial charge on any atom is -0.481 e. The number of nitrogens with one attached hydrogen (secondary N) is 1. The Morgan fingerprint density at radius 2 is 1.96 bits per heavy atom. The number of hydrogen-bond acceptors (Lipinski definition) is 3. The minimum atomic E-state index is -0.783. The molecule has 2 aromatic rings. The number of aliphatic carboxylic acids is 1. The number of carboxylic acids is 1. The van der Waals surface area contributed by atoms with Gasteiger partial charge in [-0.1, -0.05) is 12.1 Å². The summed E-state index contributed by atoms with van der Waals surface area (Å²) in [7, 11) is 0. The van der Waals surface area contributed by atoms with E-state index < -0.39 is 5.97 Å². The second kappa shape index (κ2) is 6.42. The third-order valence-electron chi connectivity index (χ3n) is 4.51. The fraction of sp³-hybridized carbons (Fsp3) is 0.412. The number of carbonyl (C=O) groups is 2. The standard InChI is InChI=1S/C17H21N3O3/c1-12(11-15(21)22)19-7-9-20(10-8-19)17(23)14-4-2-3-13-5-6-18-16(13)14/h2-6,12,18H,7-11H2,1H3,(H,21,22). The Hall–Kier alpha value is -2.34. The van der Waals surface area contributed by atoms with Crippen LogP contribution in [0.25, 0.3) is 10.9 Å². The van der Waals surface area contributed by atoms with E-state index in [1.807, 2.05) is 42.3 Å². The molecule has 3 rings (SSSR count). The molecule has 23 heavy (non-hydrogen) atoms. The van der Waals surface area contributed by atoms with Crippen molar-refractivity contribution in [3.05, 3.63) is 36.0 Å². The molecule has 1 unspecified atom stereocenters. The van der Waals surface area contributed by atoms with E-state index >= 15 is 0 Å². The molecule has 1 aromatic carbocycles. The van der Waals surface area contributed by atoms with E-state index in [4.69, 9.17) is 5.11 Å². The van der Waals surface area contributed by atoms with Gasteiger partial charge in [0.05, 0.1) is 17.5 Å². The topological polar surface area (TPSA) is 76.6 Å². The van der Waals surface area contributed by atoms with Crippen molar-refractivity contribution in [2.75, 3.05) is 26.2 Å². The van der Waals surface area contributed by atoms with Gasteiger partial charge in [-0.25, -0.2) is 0 Å². The second-order valence-electron chi connectivity index (χ2n) is 6.02. The van der Waals surface area contributed by atoms with Gasteiger partial charge in [0.25, 0.3) is 5.91 Å². The lowest BCUT2D eigenvalue weighted by molar-refractivity contribution is -0.138. The summed E-state index contributed by atoms with van der Waals surface area (Å²) in [5.74, 6) is -0.752. The Labute approximate surface area is 134 Å². The largest absolute Gasteiger partial charge is 0.481 e. The van der Waals surface area contributed by atoms with Crippen LogP contribution in [-0.4, -0.2) is 64.0 Å². The molecule has 0 aliphatic carbocycles. The van der Waals surface area contributed by atoms with Crippen molar-refractivity contribution in [3.63, 3.8) is 0 Å². The van der Waals surface area contributed by atoms with Crippen molar-refractivity contribution in [1.82, 2.24) is 14.8 Å². The highest BCUT2D eigenvalue weighted by Crippen LogP contribution is 2.20. The summed E-state index contributed by atoms with van der Waals surface area (Å²) in [5.41, 5.74) is 1.57. The number of aromatic nitrogens is 1. The predicted molar refractivity (Wildman–Crippen MR) is 87.5 cm³/mol. The summed E-state index contributed by atoms with van der Waals surface area (Å²) >= 11 is 0. The Kier molecular flexibility index (Phi) is 4.34. The molecular weight excluding hydrogens is 294 g/mol. The zero-order chi connectivity index (χ0) is 16.4. The van der Waals surface area contributed by atoms with Crippen LogP contribution in [0.2, 0.25) is 0 Å². The molecule has 1 atom stereocenters. The molecule has 122 valence electrons. The lowest BCUT2D eigenvalue weighted by atomic mass is 10.1. The lowest BCUT2D eigenvalue weighted by Crippen LogP contribution is -2.51. The van der Waals surface area contributed by atoms with E-state index in [0.717, 1.165) is 10.9 Å². The fourth-order valence-electron chi connectivity index (χ4n) is 3.18. The predicted octanol–water partition coefficient (Wildman–Crippen LogP) is 1.79. The molecule has 6 nitrogen and oxygen atoms in total. The number of H-pyrrole nitrogens is 1. The Morgan fingerprint density at radius 3 is 2.65 bits per heavy atom. The van der Waals surface area contributed by atoms with E-state index in [-0.39, 0.29) is 18.4 Å². The molecule has 2 heterocycles. The first-order valence-electron chi connectivity index (χ1n) is 7.87. The van der Waals surface area contributed by atoms with Crippen molar-refractivity contribution in [2.45, 2.75) is 19.4 Å². The monoisotopic (exact) mass is 315 g/mol. The second-order valence-corrected chi connectivity index (χ2v) is 6.02. The lowest BCUT2D eigenvalue weighted by Gasteiger charge is -2.37. The molecule has 1 aliphatic rings. The molecule has 6 heteroatoms. The number of rotatable bonds is 4. The van der Waals surface area contributed by atoms with Crippen molar-refractivity contribution < 1.29 is 14.7 Å². The molecule has 0 spiro atoms. The number of fused-ring (bicyclic) bond motifs is 1. The fourth-order valence-corrected chi connectivity index (χ4v) is 3.18. The van der Waals surface area contributed by atoms with Gasteiger partial charge < -0.3 is 15.0 Å². The van der Waals surface area contributed by atoms with E-state index in [1.54, 1.807) is 0 Å². The van der Waals surface area contributed by atoms with Gasteiger partial charge in [0.15, 0.2) is 0 Å². The first-order valence-corrected chi connectivity index (χ1v) is 7.87. The van der Waals surface area contributed by atoms with Gasteiger partial charge in [-0.05, 0) is 19.1 Å². The number of nitrogens with zero attached hydrogens (tertiary/aromatic N) is 2. The van der Waals surface area contributed by atoms with Crippen molar-refractivity contribution >= 4 is 22.8 Å². The van der Waals surface area contributed by atoms with Crippen LogP contribution in [0.1, 0.15) is 23.7 Å². The number of aromatic amines is 1. The molecule has 0 radical (unpaired) electrons. The van der Waals surface area contributed by atoms with Crippen LogP contribution in [0.4, 0.5) is 0 Å². The number of carboxylic acid groups (broad SMARTS) is 1. The number of para-hydroxylation sites is 1. The van der Waals surface area contributed by atoms with Gasteiger partial charge in [0.1, 0.15) is 0 Å². The zero-order valence-electron chi connectivity index (χ0n) is 13.2. The van der Waals surface area contributed by atoms with Gasteiger partial charge >= 0.3 is 5.97 Å². The maximum Gasteiger partial charge on any atom is 0.304 e. The average molecular weight is 315 g/mol. The summed E-state index contributed by atoms with van der Waals surface area (Å²) in [6.07, 6.45) is 1.97. The SMILES string of the molecule is CC(CC(=O)O)N1CCN(C(=O)c2cccc3cc[nH]c23)CC1. The van der Waals surface area contributed by atoms with Gasteiger partial charge in [-0.2, -0.15) is 0 Å². The van der Waals surface area contributed by atoms with Crippen LogP contribution < -0.4 is 0 Å². The Morgan fingerprint density at radius 1 is 1.22 bits per heavy atom. The van der Waals surface area contributed by atoms with E-state index in [0.29, 0.717) is 31.7 Å². The first kappa shape index (κ1) is 15.6. The van der Waals surface area contributed by atoms with Crippen molar-refractivity contribution in [2.24, 2.45) is 0 Å². The van der Waals surface area contributed by atoms with Gasteiger partial charge in [0, 0.05) is 43.8 Å². The number of benzene rings is 1. The minimum absolute atomic E-state index is 0.00316. The van der Waals surface area contributed by atoms with Crippen LogP contribution in [0.5, 0.6) is 0 Å². The molecule has 1 saturated heterocycles. The van der Waals surface area contributed by atoms with Gasteiger partial charge in [-0.15, -0.1) is 0 Å². The maximum atomic E-state index is 12.8. The number of carbonyl (C=O) groups excluding carboxylic acids is 1. The number of amides is 1. The molecule has 1 aromatic heterocycles. The summed E-state index contributed by atoms with van der Waals surface area (Å²) < 4.78 is 0. The third kappa shape index (κ3) is 3.22. The maximum absolute atomic E-state index is 12.8. The summed E-state index contributed by atoms with van der Waals surface area (Å²) in [6, 6.07) is 7.68. The van der Waals surface area contributed by atoms with Crippen molar-refractivity contribution in [1.29, 1.82) is 0 Å². The molecule has 0 saturated carbocycles. The Bertz CT molecular complexity index is 717. The van der Waals surface area contributed by atoms with Crippen molar-refractivity contribution in [3.8, 4) is 0 Å². The van der Waals surface area contributed by atoms with Crippen LogP contribution >= 0.6 is 0 Å². The highest BCUT2D eigenvalue weighted by molar-refractivity contribution is 6.05. The van der Waals surface area contributed by atoms with E-state index in [9.17, 15) is 9.59 Å². The Balaban J connectivity index is 1.67.